The third-order valence-electron chi connectivity index (χ3n) is 7.45. The maximum atomic E-state index is 13.4. The zero-order chi connectivity index (χ0) is 25.2. The highest BCUT2D eigenvalue weighted by molar-refractivity contribution is 6.05. The van der Waals surface area contributed by atoms with Gasteiger partial charge >= 0.3 is 0 Å². The molecule has 1 N–H and O–H groups in total. The Bertz CT molecular complexity index is 1210. The van der Waals surface area contributed by atoms with E-state index >= 15 is 0 Å². The van der Waals surface area contributed by atoms with Gasteiger partial charge < -0.3 is 14.5 Å². The summed E-state index contributed by atoms with van der Waals surface area (Å²) in [6.45, 7) is 3.45. The zero-order valence-electron chi connectivity index (χ0n) is 20.5. The Kier molecular flexibility index (Phi) is 6.76. The van der Waals surface area contributed by atoms with Crippen LogP contribution in [-0.2, 0) is 22.6 Å². The van der Waals surface area contributed by atoms with Gasteiger partial charge in [-0.15, -0.1) is 0 Å². The van der Waals surface area contributed by atoms with Crippen molar-refractivity contribution in [1.82, 2.24) is 15.1 Å². The van der Waals surface area contributed by atoms with Crippen molar-refractivity contribution >= 4 is 23.6 Å². The molecule has 0 spiro atoms. The number of carbonyl (C=O) groups is 4. The molecule has 2 saturated heterocycles. The molecule has 8 nitrogen and oxygen atoms in total. The van der Waals surface area contributed by atoms with E-state index in [2.05, 4.69) is 12.2 Å². The largest absolute Gasteiger partial charge is 0.491 e. The van der Waals surface area contributed by atoms with Crippen LogP contribution in [0.25, 0.3) is 0 Å². The number of carbonyl (C=O) groups excluding carboxylic acids is 4. The summed E-state index contributed by atoms with van der Waals surface area (Å²) in [5, 5.41) is 2.33. The van der Waals surface area contributed by atoms with Crippen molar-refractivity contribution in [2.45, 2.75) is 64.1 Å². The van der Waals surface area contributed by atoms with Crippen LogP contribution in [0.2, 0.25) is 0 Å². The average molecular weight is 490 g/mol. The Hall–Kier alpha value is -3.68. The summed E-state index contributed by atoms with van der Waals surface area (Å²) in [5.74, 6) is -0.233. The van der Waals surface area contributed by atoms with E-state index in [9.17, 15) is 19.2 Å². The summed E-state index contributed by atoms with van der Waals surface area (Å²) in [5.41, 5.74) is 3.17. The Balaban J connectivity index is 1.26. The van der Waals surface area contributed by atoms with Gasteiger partial charge in [-0.2, -0.15) is 0 Å². The summed E-state index contributed by atoms with van der Waals surface area (Å²) in [6, 6.07) is 12.5. The molecule has 8 heteroatoms. The third-order valence-corrected chi connectivity index (χ3v) is 7.45. The van der Waals surface area contributed by atoms with Gasteiger partial charge in [-0.05, 0) is 67.5 Å². The van der Waals surface area contributed by atoms with Crippen molar-refractivity contribution in [3.63, 3.8) is 0 Å². The second kappa shape index (κ2) is 10.1. The van der Waals surface area contributed by atoms with Gasteiger partial charge in [0.15, 0.2) is 0 Å². The third kappa shape index (κ3) is 4.59. The first-order valence-corrected chi connectivity index (χ1v) is 12.8. The van der Waals surface area contributed by atoms with Gasteiger partial charge in [-0.25, -0.2) is 0 Å². The van der Waals surface area contributed by atoms with Crippen molar-refractivity contribution < 1.29 is 23.9 Å². The highest BCUT2D eigenvalue weighted by Crippen LogP contribution is 2.31. The number of piperidine rings is 2. The predicted molar refractivity (Wildman–Crippen MR) is 132 cm³/mol. The van der Waals surface area contributed by atoms with Crippen LogP contribution >= 0.6 is 0 Å². The quantitative estimate of drug-likeness (QED) is 0.629. The van der Waals surface area contributed by atoms with Crippen molar-refractivity contribution in [3.05, 3.63) is 64.7 Å². The molecule has 3 heterocycles. The van der Waals surface area contributed by atoms with Gasteiger partial charge in [0.25, 0.3) is 11.8 Å². The lowest BCUT2D eigenvalue weighted by molar-refractivity contribution is -0.136. The molecule has 3 aliphatic heterocycles. The van der Waals surface area contributed by atoms with Crippen LogP contribution in [0.15, 0.2) is 42.5 Å². The molecule has 1 unspecified atom stereocenters. The normalized spacial score (nSPS) is 21.9. The Morgan fingerprint density at radius 3 is 2.72 bits per heavy atom. The number of benzene rings is 2. The molecule has 5 rings (SSSR count). The summed E-state index contributed by atoms with van der Waals surface area (Å²) in [6.07, 6.45) is 4.28. The van der Waals surface area contributed by atoms with Crippen LogP contribution in [0.5, 0.6) is 5.75 Å². The number of imide groups is 1. The number of likely N-dealkylation sites (tertiary alicyclic amines) is 1. The van der Waals surface area contributed by atoms with Crippen molar-refractivity contribution in [2.24, 2.45) is 0 Å². The number of amides is 4. The summed E-state index contributed by atoms with van der Waals surface area (Å²) >= 11 is 0. The minimum atomic E-state index is -0.639. The van der Waals surface area contributed by atoms with Crippen molar-refractivity contribution in [2.75, 3.05) is 13.2 Å². The SMILES string of the molecule is CCc1ccccc1C(=O)N1CCCC[C@@H]1COc1ccc2c(c1)CN(C1CCC(=O)NC1=O)C2=O. The van der Waals surface area contributed by atoms with Gasteiger partial charge in [-0.1, -0.05) is 25.1 Å². The molecule has 2 fully saturated rings. The fourth-order valence-electron chi connectivity index (χ4n) is 5.47. The topological polar surface area (TPSA) is 96.0 Å². The molecule has 0 radical (unpaired) electrons. The summed E-state index contributed by atoms with van der Waals surface area (Å²) in [7, 11) is 0. The van der Waals surface area contributed by atoms with E-state index in [1.165, 1.54) is 4.90 Å². The van der Waals surface area contributed by atoms with Gasteiger partial charge in [0, 0.05) is 30.6 Å². The maximum Gasteiger partial charge on any atom is 0.255 e. The molecule has 36 heavy (non-hydrogen) atoms. The van der Waals surface area contributed by atoms with Crippen molar-refractivity contribution in [3.8, 4) is 5.75 Å². The van der Waals surface area contributed by atoms with E-state index in [1.807, 2.05) is 35.2 Å². The standard InChI is InChI=1S/C28H31N3O5/c1-2-18-7-3-4-9-22(18)27(34)30-14-6-5-8-20(30)17-36-21-10-11-23-19(15-21)16-31(28(23)35)24-12-13-25(32)29-26(24)33/h3-4,7,9-11,15,20,24H,2,5-6,8,12-14,16-17H2,1H3,(H,29,32,33)/t20-,24?/m1/s1. The first kappa shape index (κ1) is 24.0. The number of ether oxygens (including phenoxy) is 1. The van der Waals surface area contributed by atoms with E-state index in [1.54, 1.807) is 12.1 Å². The zero-order valence-corrected chi connectivity index (χ0v) is 20.5. The lowest BCUT2D eigenvalue weighted by atomic mass is 9.99. The lowest BCUT2D eigenvalue weighted by Crippen LogP contribution is -2.52. The summed E-state index contributed by atoms with van der Waals surface area (Å²) < 4.78 is 6.15. The fraction of sp³-hybridized carbons (Fsp3) is 0.429. The predicted octanol–water partition coefficient (Wildman–Crippen LogP) is 3.08. The molecule has 2 aromatic rings. The molecule has 0 bridgehead atoms. The van der Waals surface area contributed by atoms with Gasteiger partial charge in [0.05, 0.1) is 6.04 Å². The van der Waals surface area contributed by atoms with E-state index in [4.69, 9.17) is 4.74 Å². The van der Waals surface area contributed by atoms with Crippen LogP contribution in [0, 0.1) is 0 Å². The second-order valence-corrected chi connectivity index (χ2v) is 9.69. The first-order chi connectivity index (χ1) is 17.5. The van der Waals surface area contributed by atoms with Crippen molar-refractivity contribution in [1.29, 1.82) is 0 Å². The smallest absolute Gasteiger partial charge is 0.255 e. The molecule has 2 aromatic carbocycles. The monoisotopic (exact) mass is 489 g/mol. The van der Waals surface area contributed by atoms with E-state index in [-0.39, 0.29) is 30.2 Å². The molecule has 4 amide bonds. The number of hydrogen-bond donors (Lipinski definition) is 1. The number of aryl methyl sites for hydroxylation is 1. The van der Waals surface area contributed by atoms with Gasteiger partial charge in [0.1, 0.15) is 18.4 Å². The minimum absolute atomic E-state index is 0.0222. The number of fused-ring (bicyclic) bond motifs is 1. The van der Waals surface area contributed by atoms with Gasteiger partial charge in [0.2, 0.25) is 11.8 Å². The number of hydrogen-bond acceptors (Lipinski definition) is 5. The van der Waals surface area contributed by atoms with Crippen LogP contribution in [0.1, 0.15) is 70.9 Å². The van der Waals surface area contributed by atoms with E-state index < -0.39 is 11.9 Å². The molecule has 188 valence electrons. The minimum Gasteiger partial charge on any atom is -0.491 e. The molecule has 0 saturated carbocycles. The molecule has 2 atom stereocenters. The Labute approximate surface area is 210 Å². The fourth-order valence-corrected chi connectivity index (χ4v) is 5.47. The number of nitrogens with one attached hydrogen (secondary N) is 1. The van der Waals surface area contributed by atoms with E-state index in [0.29, 0.717) is 37.4 Å². The van der Waals surface area contributed by atoms with Crippen LogP contribution < -0.4 is 10.1 Å². The average Bonchev–Trinajstić information content (AvgIpc) is 3.22. The first-order valence-electron chi connectivity index (χ1n) is 12.8. The van der Waals surface area contributed by atoms with Gasteiger partial charge in [-0.3, -0.25) is 24.5 Å². The maximum absolute atomic E-state index is 13.4. The number of nitrogens with zero attached hydrogens (tertiary/aromatic N) is 2. The number of rotatable bonds is 6. The second-order valence-electron chi connectivity index (χ2n) is 9.69. The molecule has 0 aliphatic carbocycles. The molecular weight excluding hydrogens is 458 g/mol. The molecular formula is C28H31N3O5. The Morgan fingerprint density at radius 1 is 1.08 bits per heavy atom. The lowest BCUT2D eigenvalue weighted by Gasteiger charge is -2.36. The van der Waals surface area contributed by atoms with E-state index in [0.717, 1.165) is 42.4 Å². The molecule has 3 aliphatic rings. The Morgan fingerprint density at radius 2 is 1.92 bits per heavy atom. The highest BCUT2D eigenvalue weighted by atomic mass is 16.5. The molecule has 0 aromatic heterocycles. The highest BCUT2D eigenvalue weighted by Gasteiger charge is 2.39. The van der Waals surface area contributed by atoms with Crippen LogP contribution in [-0.4, -0.2) is 58.7 Å². The summed E-state index contributed by atoms with van der Waals surface area (Å²) in [4.78, 5) is 53.6. The van der Waals surface area contributed by atoms with Crippen LogP contribution in [0.3, 0.4) is 0 Å². The van der Waals surface area contributed by atoms with Crippen LogP contribution in [0.4, 0.5) is 0 Å².